The minimum Gasteiger partial charge on any atom is -0.385 e. The van der Waals surface area contributed by atoms with Crippen LogP contribution in [0.25, 0.3) is 0 Å². The topological polar surface area (TPSA) is 45.7 Å². The molecule has 2 aliphatic carbocycles. The predicted octanol–water partition coefficient (Wildman–Crippen LogP) is 2.24. The first kappa shape index (κ1) is 17.0. The second-order valence-corrected chi connectivity index (χ2v) is 5.56. The van der Waals surface area contributed by atoms with Crippen LogP contribution in [-0.2, 0) is 4.74 Å². The summed E-state index contributed by atoms with van der Waals surface area (Å²) >= 11 is 0. The van der Waals surface area contributed by atoms with E-state index in [2.05, 4.69) is 15.6 Å². The largest absolute Gasteiger partial charge is 0.385 e. The van der Waals surface area contributed by atoms with Crippen molar-refractivity contribution in [2.45, 2.75) is 32.1 Å². The maximum Gasteiger partial charge on any atom is 0.190 e. The smallest absolute Gasteiger partial charge is 0.190 e. The molecule has 19 heavy (non-hydrogen) atoms. The van der Waals surface area contributed by atoms with Crippen molar-refractivity contribution >= 4 is 29.9 Å². The average Bonchev–Trinajstić information content (AvgIpc) is 3.25. The first-order chi connectivity index (χ1) is 8.85. The normalized spacial score (nSPS) is 19.2. The van der Waals surface area contributed by atoms with Crippen LogP contribution in [0.4, 0.5) is 0 Å². The number of ether oxygens (including phenoxy) is 1. The molecular weight excluding hydrogens is 353 g/mol. The van der Waals surface area contributed by atoms with Crippen molar-refractivity contribution in [1.29, 1.82) is 0 Å². The van der Waals surface area contributed by atoms with Gasteiger partial charge in [0.2, 0.25) is 0 Å². The number of hydrogen-bond donors (Lipinski definition) is 2. The van der Waals surface area contributed by atoms with E-state index in [1.54, 1.807) is 7.11 Å². The Kier molecular flexibility index (Phi) is 8.06. The van der Waals surface area contributed by atoms with Crippen LogP contribution < -0.4 is 10.6 Å². The molecule has 2 rings (SSSR count). The van der Waals surface area contributed by atoms with E-state index in [1.807, 2.05) is 7.05 Å². The van der Waals surface area contributed by atoms with Crippen molar-refractivity contribution in [3.8, 4) is 0 Å². The van der Waals surface area contributed by atoms with Gasteiger partial charge in [-0.05, 0) is 49.9 Å². The molecule has 2 aliphatic rings. The first-order valence-corrected chi connectivity index (χ1v) is 7.28. The molecule has 0 aliphatic heterocycles. The molecule has 2 saturated carbocycles. The summed E-state index contributed by atoms with van der Waals surface area (Å²) in [5.74, 6) is 3.83. The van der Waals surface area contributed by atoms with E-state index in [0.29, 0.717) is 0 Å². The summed E-state index contributed by atoms with van der Waals surface area (Å²) in [4.78, 5) is 4.27. The lowest BCUT2D eigenvalue weighted by Crippen LogP contribution is -2.41. The van der Waals surface area contributed by atoms with Crippen molar-refractivity contribution in [2.75, 3.05) is 33.9 Å². The Morgan fingerprint density at radius 3 is 2.32 bits per heavy atom. The minimum absolute atomic E-state index is 0. The summed E-state index contributed by atoms with van der Waals surface area (Å²) in [6.07, 6.45) is 6.81. The van der Waals surface area contributed by atoms with Gasteiger partial charge in [-0.25, -0.2) is 0 Å². The van der Waals surface area contributed by atoms with Crippen LogP contribution >= 0.6 is 24.0 Å². The van der Waals surface area contributed by atoms with Crippen LogP contribution in [0.15, 0.2) is 4.99 Å². The monoisotopic (exact) mass is 381 g/mol. The van der Waals surface area contributed by atoms with Gasteiger partial charge in [0.15, 0.2) is 5.96 Å². The molecule has 112 valence electrons. The van der Waals surface area contributed by atoms with Crippen molar-refractivity contribution < 1.29 is 4.74 Å². The van der Waals surface area contributed by atoms with Crippen molar-refractivity contribution in [1.82, 2.24) is 10.6 Å². The number of nitrogens with zero attached hydrogens (tertiary/aromatic N) is 1. The fourth-order valence-corrected chi connectivity index (χ4v) is 2.63. The van der Waals surface area contributed by atoms with Crippen LogP contribution in [0.1, 0.15) is 32.1 Å². The molecule has 0 atom stereocenters. The van der Waals surface area contributed by atoms with Gasteiger partial charge in [0.1, 0.15) is 0 Å². The second kappa shape index (κ2) is 9.00. The third-order valence-electron chi connectivity index (χ3n) is 4.00. The maximum absolute atomic E-state index is 5.03. The number of hydrogen-bond acceptors (Lipinski definition) is 2. The SMILES string of the molecule is CN=C(NCCCOC)NCC(C1CC1)C1CC1.I. The molecule has 0 unspecified atom stereocenters. The van der Waals surface area contributed by atoms with Crippen LogP contribution in [0, 0.1) is 17.8 Å². The lowest BCUT2D eigenvalue weighted by Gasteiger charge is -2.18. The lowest BCUT2D eigenvalue weighted by atomic mass is 9.98. The predicted molar refractivity (Wildman–Crippen MR) is 90.2 cm³/mol. The quantitative estimate of drug-likeness (QED) is 0.293. The summed E-state index contributed by atoms with van der Waals surface area (Å²) in [6, 6.07) is 0. The zero-order valence-corrected chi connectivity index (χ0v) is 14.5. The highest BCUT2D eigenvalue weighted by Gasteiger charge is 2.41. The number of guanidine groups is 1. The van der Waals surface area contributed by atoms with Gasteiger partial charge in [-0.15, -0.1) is 24.0 Å². The van der Waals surface area contributed by atoms with Gasteiger partial charge in [-0.3, -0.25) is 4.99 Å². The number of rotatable bonds is 8. The maximum atomic E-state index is 5.03. The third kappa shape index (κ3) is 6.29. The molecule has 0 saturated heterocycles. The van der Waals surface area contributed by atoms with Gasteiger partial charge in [0.05, 0.1) is 0 Å². The van der Waals surface area contributed by atoms with Crippen LogP contribution in [0.5, 0.6) is 0 Å². The second-order valence-electron chi connectivity index (χ2n) is 5.56. The lowest BCUT2D eigenvalue weighted by molar-refractivity contribution is 0.195. The first-order valence-electron chi connectivity index (χ1n) is 7.28. The van der Waals surface area contributed by atoms with Crippen LogP contribution in [-0.4, -0.2) is 39.8 Å². The summed E-state index contributed by atoms with van der Waals surface area (Å²) in [7, 11) is 3.58. The molecule has 2 N–H and O–H groups in total. The highest BCUT2D eigenvalue weighted by Crippen LogP contribution is 2.48. The fourth-order valence-electron chi connectivity index (χ4n) is 2.63. The van der Waals surface area contributed by atoms with Crippen LogP contribution in [0.3, 0.4) is 0 Å². The van der Waals surface area contributed by atoms with Crippen molar-refractivity contribution in [3.63, 3.8) is 0 Å². The van der Waals surface area contributed by atoms with Crippen LogP contribution in [0.2, 0.25) is 0 Å². The Morgan fingerprint density at radius 1 is 1.21 bits per heavy atom. The number of halogens is 1. The van der Waals surface area contributed by atoms with Gasteiger partial charge in [-0.1, -0.05) is 0 Å². The van der Waals surface area contributed by atoms with E-state index in [1.165, 1.54) is 25.7 Å². The summed E-state index contributed by atoms with van der Waals surface area (Å²) in [6.45, 7) is 2.82. The molecule has 0 aromatic carbocycles. The van der Waals surface area contributed by atoms with E-state index in [9.17, 15) is 0 Å². The van der Waals surface area contributed by atoms with E-state index in [4.69, 9.17) is 4.74 Å². The molecule has 0 heterocycles. The van der Waals surface area contributed by atoms with Gasteiger partial charge in [0.25, 0.3) is 0 Å². The zero-order chi connectivity index (χ0) is 12.8. The summed E-state index contributed by atoms with van der Waals surface area (Å²) < 4.78 is 5.03. The van der Waals surface area contributed by atoms with E-state index >= 15 is 0 Å². The van der Waals surface area contributed by atoms with Gasteiger partial charge < -0.3 is 15.4 Å². The van der Waals surface area contributed by atoms with Gasteiger partial charge in [-0.2, -0.15) is 0 Å². The Hall–Kier alpha value is -0.0400. The number of aliphatic imine (C=N–C) groups is 1. The Labute approximate surface area is 134 Å². The molecular formula is C14H28IN3O. The molecule has 0 aromatic rings. The third-order valence-corrected chi connectivity index (χ3v) is 4.00. The van der Waals surface area contributed by atoms with Gasteiger partial charge in [0, 0.05) is 33.9 Å². The highest BCUT2D eigenvalue weighted by atomic mass is 127. The van der Waals surface area contributed by atoms with E-state index < -0.39 is 0 Å². The summed E-state index contributed by atoms with van der Waals surface area (Å²) in [5, 5.41) is 6.82. The van der Waals surface area contributed by atoms with Gasteiger partial charge >= 0.3 is 0 Å². The Balaban J connectivity index is 0.00000180. The standard InChI is InChI=1S/C14H27N3O.HI/c1-15-14(16-8-3-9-18-2)17-10-13(11-4-5-11)12-6-7-12;/h11-13H,3-10H2,1-2H3,(H2,15,16,17);1H. The van der Waals surface area contributed by atoms with Crippen molar-refractivity contribution in [2.24, 2.45) is 22.7 Å². The van der Waals surface area contributed by atoms with Crippen molar-refractivity contribution in [3.05, 3.63) is 0 Å². The molecule has 2 fully saturated rings. The average molecular weight is 381 g/mol. The summed E-state index contributed by atoms with van der Waals surface area (Å²) in [5.41, 5.74) is 0. The molecule has 0 radical (unpaired) electrons. The van der Waals surface area contributed by atoms with E-state index in [-0.39, 0.29) is 24.0 Å². The number of nitrogens with one attached hydrogen (secondary N) is 2. The number of methoxy groups -OCH3 is 1. The highest BCUT2D eigenvalue weighted by molar-refractivity contribution is 14.0. The molecule has 4 nitrogen and oxygen atoms in total. The van der Waals surface area contributed by atoms with E-state index in [0.717, 1.165) is 49.8 Å². The molecule has 0 bridgehead atoms. The molecule has 0 spiro atoms. The Bertz CT molecular complexity index is 266. The molecule has 5 heteroatoms. The Morgan fingerprint density at radius 2 is 1.84 bits per heavy atom. The molecule has 0 aromatic heterocycles. The molecule has 0 amide bonds. The fraction of sp³-hybridized carbons (Fsp3) is 0.929. The minimum atomic E-state index is 0. The zero-order valence-electron chi connectivity index (χ0n) is 12.2.